The highest BCUT2D eigenvalue weighted by atomic mass is 35.5. The van der Waals surface area contributed by atoms with Crippen molar-refractivity contribution in [1.82, 2.24) is 24.7 Å². The number of anilines is 1. The predicted molar refractivity (Wildman–Crippen MR) is 160 cm³/mol. The van der Waals surface area contributed by atoms with Crippen molar-refractivity contribution in [3.05, 3.63) is 77.2 Å². The molecule has 8 nitrogen and oxygen atoms in total. The van der Waals surface area contributed by atoms with E-state index in [1.807, 2.05) is 65.2 Å². The Balaban J connectivity index is 1.19. The fourth-order valence-corrected chi connectivity index (χ4v) is 6.33. The summed E-state index contributed by atoms with van der Waals surface area (Å²) in [6, 6.07) is 14.4. The Hall–Kier alpha value is -3.36. The van der Waals surface area contributed by atoms with E-state index in [0.29, 0.717) is 29.2 Å². The van der Waals surface area contributed by atoms with Crippen LogP contribution in [0.25, 0.3) is 5.69 Å². The molecular formula is C31H39ClN6O2. The minimum atomic E-state index is -0.157. The quantitative estimate of drug-likeness (QED) is 0.424. The first-order valence-corrected chi connectivity index (χ1v) is 14.8. The molecular weight excluding hydrogens is 524 g/mol. The SMILES string of the molecule is CCC[C@H]1CN(c2ncc(C(=O)NCC)cc2Cl)CCN1C1CCN(C(=O)c2ccc(-n3cccc3)cc2)CC1. The summed E-state index contributed by atoms with van der Waals surface area (Å²) in [7, 11) is 0. The number of nitrogens with zero attached hydrogens (tertiary/aromatic N) is 5. The predicted octanol–water partition coefficient (Wildman–Crippen LogP) is 4.87. The molecule has 0 saturated carbocycles. The summed E-state index contributed by atoms with van der Waals surface area (Å²) >= 11 is 6.61. The Labute approximate surface area is 241 Å². The number of carbonyl (C=O) groups is 2. The third kappa shape index (κ3) is 6.18. The van der Waals surface area contributed by atoms with Crippen LogP contribution in [-0.4, -0.2) is 82.5 Å². The van der Waals surface area contributed by atoms with Gasteiger partial charge in [0.1, 0.15) is 5.82 Å². The molecule has 5 rings (SSSR count). The van der Waals surface area contributed by atoms with E-state index in [0.717, 1.165) is 75.5 Å². The Kier molecular flexibility index (Phi) is 9.07. The largest absolute Gasteiger partial charge is 0.353 e. The van der Waals surface area contributed by atoms with Crippen molar-refractivity contribution >= 4 is 29.2 Å². The second kappa shape index (κ2) is 12.9. The number of piperidine rings is 1. The molecule has 9 heteroatoms. The van der Waals surface area contributed by atoms with Crippen molar-refractivity contribution in [3.63, 3.8) is 0 Å². The summed E-state index contributed by atoms with van der Waals surface area (Å²) in [5, 5.41) is 3.31. The van der Waals surface area contributed by atoms with Crippen molar-refractivity contribution in [2.75, 3.05) is 44.2 Å². The molecule has 0 radical (unpaired) electrons. The number of pyridine rings is 1. The molecule has 2 aromatic heterocycles. The van der Waals surface area contributed by atoms with Gasteiger partial charge in [0.25, 0.3) is 11.8 Å². The van der Waals surface area contributed by atoms with Gasteiger partial charge in [0.2, 0.25) is 0 Å². The maximum absolute atomic E-state index is 13.2. The summed E-state index contributed by atoms with van der Waals surface area (Å²) < 4.78 is 2.04. The number of carbonyl (C=O) groups excluding carboxylic acids is 2. The second-order valence-electron chi connectivity index (χ2n) is 10.7. The van der Waals surface area contributed by atoms with Gasteiger partial charge in [-0.25, -0.2) is 4.98 Å². The molecule has 3 aromatic rings. The van der Waals surface area contributed by atoms with Crippen LogP contribution < -0.4 is 10.2 Å². The highest BCUT2D eigenvalue weighted by Gasteiger charge is 2.35. The van der Waals surface area contributed by atoms with Gasteiger partial charge in [-0.2, -0.15) is 0 Å². The molecule has 2 aliphatic rings. The van der Waals surface area contributed by atoms with Gasteiger partial charge in [-0.15, -0.1) is 0 Å². The molecule has 2 saturated heterocycles. The molecule has 2 fully saturated rings. The third-order valence-corrected chi connectivity index (χ3v) is 8.39. The number of amides is 2. The number of likely N-dealkylation sites (tertiary alicyclic amines) is 1. The van der Waals surface area contributed by atoms with Crippen LogP contribution >= 0.6 is 11.6 Å². The van der Waals surface area contributed by atoms with Gasteiger partial charge in [0, 0.05) is 81.2 Å². The molecule has 212 valence electrons. The van der Waals surface area contributed by atoms with Crippen LogP contribution in [0.1, 0.15) is 60.2 Å². The summed E-state index contributed by atoms with van der Waals surface area (Å²) in [6.07, 6.45) is 9.78. The molecule has 2 amide bonds. The van der Waals surface area contributed by atoms with Crippen molar-refractivity contribution < 1.29 is 9.59 Å². The van der Waals surface area contributed by atoms with Gasteiger partial charge in [0.15, 0.2) is 0 Å². The number of nitrogens with one attached hydrogen (secondary N) is 1. The van der Waals surface area contributed by atoms with Gasteiger partial charge in [0.05, 0.1) is 10.6 Å². The van der Waals surface area contributed by atoms with Crippen molar-refractivity contribution in [2.45, 2.75) is 51.6 Å². The normalized spacial score (nSPS) is 18.6. The topological polar surface area (TPSA) is 73.7 Å². The molecule has 1 N–H and O–H groups in total. The lowest BCUT2D eigenvalue weighted by molar-refractivity contribution is 0.0481. The Morgan fingerprint density at radius 3 is 2.38 bits per heavy atom. The van der Waals surface area contributed by atoms with Crippen molar-refractivity contribution in [1.29, 1.82) is 0 Å². The zero-order chi connectivity index (χ0) is 28.1. The van der Waals surface area contributed by atoms with Crippen LogP contribution in [0, 0.1) is 0 Å². The average molecular weight is 563 g/mol. The monoisotopic (exact) mass is 562 g/mol. The van der Waals surface area contributed by atoms with E-state index in [2.05, 4.69) is 27.0 Å². The first-order valence-electron chi connectivity index (χ1n) is 14.5. The number of benzene rings is 1. The number of hydrogen-bond acceptors (Lipinski definition) is 5. The van der Waals surface area contributed by atoms with Crippen molar-refractivity contribution in [3.8, 4) is 5.69 Å². The minimum Gasteiger partial charge on any atom is -0.353 e. The lowest BCUT2D eigenvalue weighted by Gasteiger charge is -2.48. The molecule has 0 bridgehead atoms. The smallest absolute Gasteiger partial charge is 0.253 e. The maximum Gasteiger partial charge on any atom is 0.253 e. The lowest BCUT2D eigenvalue weighted by atomic mass is 9.97. The summed E-state index contributed by atoms with van der Waals surface area (Å²) in [4.78, 5) is 36.9. The Morgan fingerprint density at radius 1 is 1.00 bits per heavy atom. The zero-order valence-electron chi connectivity index (χ0n) is 23.4. The average Bonchev–Trinajstić information content (AvgIpc) is 3.53. The summed E-state index contributed by atoms with van der Waals surface area (Å²) in [6.45, 7) is 8.85. The number of aromatic nitrogens is 2. The van der Waals surface area contributed by atoms with E-state index in [9.17, 15) is 9.59 Å². The molecule has 2 aliphatic heterocycles. The van der Waals surface area contributed by atoms with E-state index in [1.54, 1.807) is 12.3 Å². The van der Waals surface area contributed by atoms with Gasteiger partial charge in [-0.1, -0.05) is 24.9 Å². The number of halogens is 1. The molecule has 4 heterocycles. The van der Waals surface area contributed by atoms with Gasteiger partial charge < -0.3 is 19.7 Å². The molecule has 0 unspecified atom stereocenters. The van der Waals surface area contributed by atoms with Crippen LogP contribution in [-0.2, 0) is 0 Å². The fourth-order valence-electron chi connectivity index (χ4n) is 6.05. The van der Waals surface area contributed by atoms with Gasteiger partial charge in [-0.3, -0.25) is 14.5 Å². The zero-order valence-corrected chi connectivity index (χ0v) is 24.2. The molecule has 1 aromatic carbocycles. The van der Waals surface area contributed by atoms with E-state index < -0.39 is 0 Å². The first-order chi connectivity index (χ1) is 19.5. The number of hydrogen-bond donors (Lipinski definition) is 1. The molecule has 40 heavy (non-hydrogen) atoms. The summed E-state index contributed by atoms with van der Waals surface area (Å²) in [5.74, 6) is 0.707. The Bertz CT molecular complexity index is 1290. The first kappa shape index (κ1) is 28.2. The molecule has 0 spiro atoms. The second-order valence-corrected chi connectivity index (χ2v) is 11.1. The molecule has 1 atom stereocenters. The third-order valence-electron chi connectivity index (χ3n) is 8.11. The van der Waals surface area contributed by atoms with Gasteiger partial charge in [-0.05, 0) is 68.7 Å². The van der Waals surface area contributed by atoms with Gasteiger partial charge >= 0.3 is 0 Å². The lowest BCUT2D eigenvalue weighted by Crippen LogP contribution is -2.59. The summed E-state index contributed by atoms with van der Waals surface area (Å²) in [5.41, 5.74) is 2.28. The van der Waals surface area contributed by atoms with Crippen LogP contribution in [0.4, 0.5) is 5.82 Å². The maximum atomic E-state index is 13.2. The van der Waals surface area contributed by atoms with E-state index in [4.69, 9.17) is 11.6 Å². The van der Waals surface area contributed by atoms with Crippen LogP contribution in [0.2, 0.25) is 5.02 Å². The van der Waals surface area contributed by atoms with Crippen LogP contribution in [0.15, 0.2) is 61.1 Å². The Morgan fingerprint density at radius 2 is 1.73 bits per heavy atom. The standard InChI is InChI=1S/C31H39ClN6O2/c1-3-7-27-22-37(29-28(32)20-24(21-34-29)30(39)33-4-2)18-19-38(27)26-12-16-36(17-13-26)31(40)23-8-10-25(11-9-23)35-14-5-6-15-35/h5-6,8-11,14-15,20-21,26-27H,3-4,7,12-13,16-19,22H2,1-2H3,(H,33,39)/t27-/m0/s1. The highest BCUT2D eigenvalue weighted by Crippen LogP contribution is 2.30. The fraction of sp³-hybridized carbons (Fsp3) is 0.452. The minimum absolute atomic E-state index is 0.115. The van der Waals surface area contributed by atoms with E-state index in [1.165, 1.54) is 0 Å². The highest BCUT2D eigenvalue weighted by molar-refractivity contribution is 6.33. The van der Waals surface area contributed by atoms with Crippen LogP contribution in [0.5, 0.6) is 0 Å². The van der Waals surface area contributed by atoms with Crippen molar-refractivity contribution in [2.24, 2.45) is 0 Å². The van der Waals surface area contributed by atoms with E-state index >= 15 is 0 Å². The number of rotatable bonds is 8. The molecule has 0 aliphatic carbocycles. The number of piperazine rings is 1. The van der Waals surface area contributed by atoms with E-state index in [-0.39, 0.29) is 11.8 Å². The van der Waals surface area contributed by atoms with Crippen LogP contribution in [0.3, 0.4) is 0 Å².